The number of anilines is 2. The number of nitrogens with one attached hydrogen (secondary N) is 2. The Bertz CT molecular complexity index is 1370. The maximum absolute atomic E-state index is 13.6. The van der Waals surface area contributed by atoms with E-state index in [0.29, 0.717) is 23.4 Å². The zero-order valence-corrected chi connectivity index (χ0v) is 19.6. The molecule has 1 aromatic carbocycles. The third kappa shape index (κ3) is 4.13. The lowest BCUT2D eigenvalue weighted by atomic mass is 9.94. The number of aryl methyl sites for hydroxylation is 1. The molecule has 0 saturated heterocycles. The van der Waals surface area contributed by atoms with Crippen molar-refractivity contribution in [1.29, 1.82) is 0 Å². The van der Waals surface area contributed by atoms with Crippen LogP contribution in [0.4, 0.5) is 33.6 Å². The van der Waals surface area contributed by atoms with Gasteiger partial charge in [-0.1, -0.05) is 11.6 Å². The molecule has 3 aromatic rings. The van der Waals surface area contributed by atoms with E-state index in [-0.39, 0.29) is 39.6 Å². The highest BCUT2D eigenvalue weighted by Gasteiger charge is 2.56. The van der Waals surface area contributed by atoms with Gasteiger partial charge in [-0.05, 0) is 50.4 Å². The van der Waals surface area contributed by atoms with Gasteiger partial charge in [0.1, 0.15) is 22.9 Å². The maximum atomic E-state index is 13.6. The first-order valence-electron chi connectivity index (χ1n) is 11.2. The van der Waals surface area contributed by atoms with E-state index >= 15 is 0 Å². The molecule has 8 nitrogen and oxygen atoms in total. The number of nitrogens with zero attached hydrogens (tertiary/aromatic N) is 4. The minimum Gasteiger partial charge on any atom is -0.383 e. The third-order valence-corrected chi connectivity index (χ3v) is 6.78. The summed E-state index contributed by atoms with van der Waals surface area (Å²) in [5.41, 5.74) is 5.81. The highest BCUT2D eigenvalue weighted by Crippen LogP contribution is 2.42. The fourth-order valence-electron chi connectivity index (χ4n) is 4.22. The van der Waals surface area contributed by atoms with E-state index in [4.69, 9.17) is 17.3 Å². The van der Waals surface area contributed by atoms with Crippen molar-refractivity contribution in [3.05, 3.63) is 28.8 Å². The van der Waals surface area contributed by atoms with E-state index < -0.39 is 30.6 Å². The van der Waals surface area contributed by atoms with Gasteiger partial charge in [0.25, 0.3) is 0 Å². The molecule has 1 aliphatic carbocycles. The van der Waals surface area contributed by atoms with Gasteiger partial charge >= 0.3 is 12.1 Å². The smallest absolute Gasteiger partial charge is 0.383 e. The summed E-state index contributed by atoms with van der Waals surface area (Å²) in [5.74, 6) is -4.60. The summed E-state index contributed by atoms with van der Waals surface area (Å²) in [6.45, 7) is 1.56. The number of hydrogen-bond acceptors (Lipinski definition) is 6. The van der Waals surface area contributed by atoms with Crippen molar-refractivity contribution in [1.82, 2.24) is 25.1 Å². The van der Waals surface area contributed by atoms with Crippen LogP contribution in [-0.2, 0) is 16.9 Å². The number of rotatable bonds is 7. The van der Waals surface area contributed by atoms with Gasteiger partial charge in [-0.3, -0.25) is 14.8 Å². The van der Waals surface area contributed by atoms with Crippen molar-refractivity contribution in [2.75, 3.05) is 17.6 Å². The molecule has 0 spiro atoms. The number of amides is 1. The topological polar surface area (TPSA) is 111 Å². The molecular formula is C22H21ClF5N7O. The number of carbonyl (C=O) groups is 1. The summed E-state index contributed by atoms with van der Waals surface area (Å²) in [6.07, 6.45) is -5.05. The van der Waals surface area contributed by atoms with Gasteiger partial charge < -0.3 is 11.1 Å². The molecule has 5 rings (SSSR count). The van der Waals surface area contributed by atoms with Crippen molar-refractivity contribution in [2.24, 2.45) is 5.92 Å². The number of nitrogens with two attached hydrogens (primary N) is 1. The molecule has 4 N–H and O–H groups in total. The standard InChI is InChI=1S/C22H21ClF5N7O/c1-20(30-9-10-2-3-10)14-16(29)31-18(32-17(14)33-19(20)36)15-12-5-4-11(23)8-13(12)35(34-15)7-6-21(24,25)22(26,27)28/h4-5,8,10,30H,2-3,6-7,9H2,1H3,(H3,29,31,32,33,36). The zero-order valence-electron chi connectivity index (χ0n) is 18.9. The number of benzene rings is 1. The van der Waals surface area contributed by atoms with Gasteiger partial charge in [0.15, 0.2) is 5.82 Å². The molecule has 192 valence electrons. The molecule has 1 atom stereocenters. The molecule has 2 aliphatic rings. The van der Waals surface area contributed by atoms with Crippen molar-refractivity contribution in [2.45, 2.75) is 50.4 Å². The number of halogens is 6. The molecule has 0 radical (unpaired) electrons. The monoisotopic (exact) mass is 529 g/mol. The lowest BCUT2D eigenvalue weighted by Crippen LogP contribution is -2.46. The fraction of sp³-hybridized carbons (Fsp3) is 0.455. The van der Waals surface area contributed by atoms with Gasteiger partial charge in [0.2, 0.25) is 5.91 Å². The SMILES string of the molecule is CC1(NCC2CC2)C(=O)Nc2nc(-c3nn(CCC(F)(F)C(F)(F)F)c4cc(Cl)ccc34)nc(N)c21. The van der Waals surface area contributed by atoms with E-state index in [0.717, 1.165) is 17.5 Å². The van der Waals surface area contributed by atoms with E-state index in [1.54, 1.807) is 6.92 Å². The number of aromatic nitrogens is 4. The molecule has 1 saturated carbocycles. The molecule has 14 heteroatoms. The molecule has 1 unspecified atom stereocenters. The van der Waals surface area contributed by atoms with Crippen molar-refractivity contribution < 1.29 is 26.7 Å². The summed E-state index contributed by atoms with van der Waals surface area (Å²) in [7, 11) is 0. The number of nitrogen functional groups attached to an aromatic ring is 1. The maximum Gasteiger partial charge on any atom is 0.453 e. The van der Waals surface area contributed by atoms with Crippen molar-refractivity contribution in [3.63, 3.8) is 0 Å². The Labute approximate surface area is 206 Å². The van der Waals surface area contributed by atoms with E-state index in [1.165, 1.54) is 18.2 Å². The average molecular weight is 530 g/mol. The first-order chi connectivity index (χ1) is 16.8. The quantitative estimate of drug-likeness (QED) is 0.389. The Kier molecular flexibility index (Phi) is 5.63. The third-order valence-electron chi connectivity index (χ3n) is 6.54. The van der Waals surface area contributed by atoms with E-state index in [9.17, 15) is 26.7 Å². The van der Waals surface area contributed by atoms with Crippen LogP contribution in [0.25, 0.3) is 22.4 Å². The van der Waals surface area contributed by atoms with Crippen LogP contribution in [0.2, 0.25) is 5.02 Å². The predicted molar refractivity (Wildman–Crippen MR) is 123 cm³/mol. The van der Waals surface area contributed by atoms with Gasteiger partial charge in [-0.15, -0.1) is 0 Å². The Hall–Kier alpha value is -3.06. The van der Waals surface area contributed by atoms with E-state index in [2.05, 4.69) is 25.7 Å². The molecule has 2 aromatic heterocycles. The molecule has 1 amide bonds. The summed E-state index contributed by atoms with van der Waals surface area (Å²) in [6, 6.07) is 4.45. The lowest BCUT2D eigenvalue weighted by molar-refractivity contribution is -0.285. The summed E-state index contributed by atoms with van der Waals surface area (Å²) in [4.78, 5) is 21.5. The molecule has 1 fully saturated rings. The number of fused-ring (bicyclic) bond motifs is 2. The largest absolute Gasteiger partial charge is 0.453 e. The first-order valence-corrected chi connectivity index (χ1v) is 11.5. The van der Waals surface area contributed by atoms with Crippen molar-refractivity contribution >= 4 is 40.0 Å². The van der Waals surface area contributed by atoms with Crippen LogP contribution in [0.1, 0.15) is 31.7 Å². The van der Waals surface area contributed by atoms with Crippen LogP contribution in [-0.4, -0.2) is 44.3 Å². The minimum absolute atomic E-state index is 0.0133. The summed E-state index contributed by atoms with van der Waals surface area (Å²) >= 11 is 6.04. The summed E-state index contributed by atoms with van der Waals surface area (Å²) < 4.78 is 66.2. The normalized spacial score (nSPS) is 20.1. The van der Waals surface area contributed by atoms with Gasteiger partial charge in [-0.25, -0.2) is 9.97 Å². The van der Waals surface area contributed by atoms with E-state index in [1.807, 2.05) is 0 Å². The Morgan fingerprint density at radius 1 is 1.25 bits per heavy atom. The molecule has 0 bridgehead atoms. The summed E-state index contributed by atoms with van der Waals surface area (Å²) in [5, 5.41) is 10.8. The number of carbonyl (C=O) groups excluding carboxylic acids is 1. The van der Waals surface area contributed by atoms with Crippen molar-refractivity contribution in [3.8, 4) is 11.5 Å². The second-order valence-electron chi connectivity index (χ2n) is 9.24. The van der Waals surface area contributed by atoms with Gasteiger partial charge in [0.05, 0.1) is 11.1 Å². The Morgan fingerprint density at radius 2 is 1.97 bits per heavy atom. The minimum atomic E-state index is -5.69. The molecule has 1 aliphatic heterocycles. The molecule has 3 heterocycles. The number of hydrogen-bond donors (Lipinski definition) is 3. The second-order valence-corrected chi connectivity index (χ2v) is 9.68. The lowest BCUT2D eigenvalue weighted by Gasteiger charge is -2.24. The van der Waals surface area contributed by atoms with Crippen LogP contribution in [0.3, 0.4) is 0 Å². The van der Waals surface area contributed by atoms with Crippen LogP contribution >= 0.6 is 11.6 Å². The first kappa shape index (κ1) is 24.6. The number of alkyl halides is 5. The van der Waals surface area contributed by atoms with Crippen LogP contribution in [0, 0.1) is 5.92 Å². The Morgan fingerprint density at radius 3 is 2.64 bits per heavy atom. The zero-order chi connectivity index (χ0) is 26.0. The molecule has 36 heavy (non-hydrogen) atoms. The van der Waals surface area contributed by atoms with Crippen LogP contribution in [0.15, 0.2) is 18.2 Å². The van der Waals surface area contributed by atoms with Gasteiger partial charge in [0, 0.05) is 23.4 Å². The highest BCUT2D eigenvalue weighted by molar-refractivity contribution is 6.31. The Balaban J connectivity index is 1.54. The molecular weight excluding hydrogens is 509 g/mol. The fourth-order valence-corrected chi connectivity index (χ4v) is 4.39. The highest BCUT2D eigenvalue weighted by atomic mass is 35.5. The van der Waals surface area contributed by atoms with Crippen LogP contribution < -0.4 is 16.4 Å². The van der Waals surface area contributed by atoms with Gasteiger partial charge in [-0.2, -0.15) is 27.1 Å². The predicted octanol–water partition coefficient (Wildman–Crippen LogP) is 4.48. The second kappa shape index (κ2) is 8.23. The average Bonchev–Trinajstić information content (AvgIpc) is 3.49. The van der Waals surface area contributed by atoms with Crippen LogP contribution in [0.5, 0.6) is 0 Å².